The van der Waals surface area contributed by atoms with Gasteiger partial charge in [0.1, 0.15) is 17.0 Å². The number of aromatic nitrogens is 2. The Morgan fingerprint density at radius 3 is 3.00 bits per heavy atom. The molecule has 1 aromatic heterocycles. The molecule has 2 heterocycles. The van der Waals surface area contributed by atoms with Crippen LogP contribution in [0.1, 0.15) is 5.37 Å². The highest BCUT2D eigenvalue weighted by atomic mass is 32.2. The van der Waals surface area contributed by atoms with Gasteiger partial charge in [-0.3, -0.25) is 4.57 Å². The van der Waals surface area contributed by atoms with Crippen LogP contribution in [-0.4, -0.2) is 26.5 Å². The van der Waals surface area contributed by atoms with Crippen LogP contribution in [0.2, 0.25) is 0 Å². The lowest BCUT2D eigenvalue weighted by Crippen LogP contribution is -2.25. The van der Waals surface area contributed by atoms with Crippen LogP contribution >= 0.6 is 11.8 Å². The van der Waals surface area contributed by atoms with E-state index >= 15 is 0 Å². The molecule has 1 aromatic rings. The zero-order valence-corrected chi connectivity index (χ0v) is 9.02. The van der Waals surface area contributed by atoms with E-state index in [1.807, 2.05) is 0 Å². The summed E-state index contributed by atoms with van der Waals surface area (Å²) in [5.41, 5.74) is 4.74. The van der Waals surface area contributed by atoms with E-state index in [0.29, 0.717) is 0 Å². The van der Waals surface area contributed by atoms with Gasteiger partial charge >= 0.3 is 5.69 Å². The number of nitrogens with two attached hydrogens (primary N) is 1. The Kier molecular flexibility index (Phi) is 2.97. The smallest absolute Gasteiger partial charge is 0.350 e. The summed E-state index contributed by atoms with van der Waals surface area (Å²) in [5, 5.41) is 7.83. The third-order valence-corrected chi connectivity index (χ3v) is 3.51. The first-order valence-corrected chi connectivity index (χ1v) is 5.54. The summed E-state index contributed by atoms with van der Waals surface area (Å²) in [6.07, 6.45) is 2.70. The molecule has 0 aromatic carbocycles. The topological polar surface area (TPSA) is 81.1 Å². The molecular weight excluding hydrogens is 233 g/mol. The van der Waals surface area contributed by atoms with Gasteiger partial charge in [-0.05, 0) is 12.1 Å². The maximum atomic E-state index is 13.5. The third-order valence-electron chi connectivity index (χ3n) is 2.17. The molecule has 16 heavy (non-hydrogen) atoms. The average Bonchev–Trinajstić information content (AvgIpc) is 2.60. The van der Waals surface area contributed by atoms with Crippen LogP contribution in [0.4, 0.5) is 10.2 Å². The largest absolute Gasteiger partial charge is 0.395 e. The number of halogens is 1. The van der Waals surface area contributed by atoms with Gasteiger partial charge in [-0.25, -0.2) is 9.18 Å². The standard InChI is InChI=1S/C9H10FN3O2S/c10-6-3-5(4-14)16-8(6)13-2-1-7(11)12-9(13)15/h1-3,5,8,14H,4H2,(H2,11,12,15)/t5-,8+/m0/s1. The van der Waals surface area contributed by atoms with Crippen LogP contribution in [0.3, 0.4) is 0 Å². The third kappa shape index (κ3) is 1.96. The number of thioether (sulfide) groups is 1. The van der Waals surface area contributed by atoms with Gasteiger partial charge in [-0.15, -0.1) is 11.8 Å². The molecule has 0 saturated carbocycles. The van der Waals surface area contributed by atoms with Crippen LogP contribution in [0.5, 0.6) is 0 Å². The predicted octanol–water partition coefficient (Wildman–Crippen LogP) is 0.285. The van der Waals surface area contributed by atoms with Crippen molar-refractivity contribution in [1.29, 1.82) is 0 Å². The number of rotatable bonds is 2. The molecule has 0 spiro atoms. The van der Waals surface area contributed by atoms with Crippen LogP contribution in [0.25, 0.3) is 0 Å². The molecular formula is C9H10FN3O2S. The predicted molar refractivity (Wildman–Crippen MR) is 59.6 cm³/mol. The molecule has 0 unspecified atom stereocenters. The Morgan fingerprint density at radius 1 is 1.69 bits per heavy atom. The molecule has 7 heteroatoms. The lowest BCUT2D eigenvalue weighted by Gasteiger charge is -2.13. The molecule has 3 N–H and O–H groups in total. The summed E-state index contributed by atoms with van der Waals surface area (Å²) in [4.78, 5) is 15.0. The van der Waals surface area contributed by atoms with Gasteiger partial charge in [-0.1, -0.05) is 0 Å². The van der Waals surface area contributed by atoms with Gasteiger partial charge < -0.3 is 10.8 Å². The zero-order valence-electron chi connectivity index (χ0n) is 8.21. The van der Waals surface area contributed by atoms with Crippen LogP contribution in [-0.2, 0) is 0 Å². The monoisotopic (exact) mass is 243 g/mol. The van der Waals surface area contributed by atoms with Crippen molar-refractivity contribution in [3.63, 3.8) is 0 Å². The summed E-state index contributed by atoms with van der Waals surface area (Å²) < 4.78 is 14.7. The molecule has 0 amide bonds. The van der Waals surface area contributed by atoms with E-state index in [-0.39, 0.29) is 17.7 Å². The van der Waals surface area contributed by atoms with Gasteiger partial charge in [0.25, 0.3) is 0 Å². The Hall–Kier alpha value is -1.34. The van der Waals surface area contributed by atoms with E-state index in [0.717, 1.165) is 16.3 Å². The van der Waals surface area contributed by atoms with Gasteiger partial charge in [-0.2, -0.15) is 4.98 Å². The van der Waals surface area contributed by atoms with Crippen molar-refractivity contribution in [3.05, 3.63) is 34.7 Å². The van der Waals surface area contributed by atoms with Crippen molar-refractivity contribution in [3.8, 4) is 0 Å². The van der Waals surface area contributed by atoms with E-state index < -0.39 is 16.9 Å². The van der Waals surface area contributed by atoms with Crippen molar-refractivity contribution in [2.24, 2.45) is 0 Å². The summed E-state index contributed by atoms with van der Waals surface area (Å²) in [6.45, 7) is -0.161. The first-order chi connectivity index (χ1) is 7.61. The minimum Gasteiger partial charge on any atom is -0.395 e. The normalized spacial score (nSPS) is 24.5. The van der Waals surface area contributed by atoms with Gasteiger partial charge in [0.2, 0.25) is 0 Å². The SMILES string of the molecule is Nc1ccn([C@@H]2S[C@H](CO)C=C2F)c(=O)n1. The summed E-state index contributed by atoms with van der Waals surface area (Å²) in [5.74, 6) is -0.343. The second-order valence-corrected chi connectivity index (χ2v) is 4.63. The second-order valence-electron chi connectivity index (χ2n) is 3.30. The van der Waals surface area contributed by atoms with Crippen molar-refractivity contribution in [1.82, 2.24) is 9.55 Å². The maximum Gasteiger partial charge on any atom is 0.350 e. The Morgan fingerprint density at radius 2 is 2.44 bits per heavy atom. The number of hydrogen-bond donors (Lipinski definition) is 2. The molecule has 1 aliphatic heterocycles. The number of aliphatic hydroxyl groups is 1. The van der Waals surface area contributed by atoms with Crippen molar-refractivity contribution in [2.45, 2.75) is 10.6 Å². The van der Waals surface area contributed by atoms with Gasteiger partial charge in [0.15, 0.2) is 0 Å². The van der Waals surface area contributed by atoms with Crippen molar-refractivity contribution < 1.29 is 9.50 Å². The molecule has 1 aliphatic rings. The average molecular weight is 243 g/mol. The zero-order chi connectivity index (χ0) is 11.7. The van der Waals surface area contributed by atoms with Crippen LogP contribution in [0.15, 0.2) is 29.0 Å². The van der Waals surface area contributed by atoms with Gasteiger partial charge in [0.05, 0.1) is 11.9 Å². The van der Waals surface area contributed by atoms with E-state index in [1.165, 1.54) is 18.3 Å². The highest BCUT2D eigenvalue weighted by Gasteiger charge is 2.29. The molecule has 86 valence electrons. The molecule has 0 fully saturated rings. The number of nitrogen functional groups attached to an aromatic ring is 1. The van der Waals surface area contributed by atoms with E-state index in [2.05, 4.69) is 4.98 Å². The first-order valence-electron chi connectivity index (χ1n) is 4.60. The minimum absolute atomic E-state index is 0.104. The Balaban J connectivity index is 2.33. The molecule has 0 saturated heterocycles. The molecule has 2 rings (SSSR count). The van der Waals surface area contributed by atoms with Gasteiger partial charge in [0, 0.05) is 6.20 Å². The quantitative estimate of drug-likeness (QED) is 0.780. The molecule has 2 atom stereocenters. The van der Waals surface area contributed by atoms with E-state index in [4.69, 9.17) is 10.8 Å². The van der Waals surface area contributed by atoms with Crippen molar-refractivity contribution >= 4 is 17.6 Å². The Labute approximate surface area is 94.8 Å². The lowest BCUT2D eigenvalue weighted by atomic mass is 10.3. The number of aliphatic hydroxyl groups excluding tert-OH is 1. The molecule has 0 radical (unpaired) electrons. The van der Waals surface area contributed by atoms with E-state index in [1.54, 1.807) is 0 Å². The minimum atomic E-state index is -0.752. The second kappa shape index (κ2) is 4.26. The fourth-order valence-corrected chi connectivity index (χ4v) is 2.55. The fourth-order valence-electron chi connectivity index (χ4n) is 1.43. The number of nitrogens with zero attached hydrogens (tertiary/aromatic N) is 2. The highest BCUT2D eigenvalue weighted by Crippen LogP contribution is 2.40. The molecule has 5 nitrogen and oxygen atoms in total. The first kappa shape index (κ1) is 11.2. The van der Waals surface area contributed by atoms with Crippen molar-refractivity contribution in [2.75, 3.05) is 12.3 Å². The molecule has 0 bridgehead atoms. The summed E-state index contributed by atoms with van der Waals surface area (Å²) in [7, 11) is 0. The van der Waals surface area contributed by atoms with Crippen LogP contribution in [0, 0.1) is 0 Å². The highest BCUT2D eigenvalue weighted by molar-refractivity contribution is 8.00. The fraction of sp³-hybridized carbons (Fsp3) is 0.333. The molecule has 0 aliphatic carbocycles. The number of anilines is 1. The summed E-state index contributed by atoms with van der Waals surface area (Å²) >= 11 is 1.16. The lowest BCUT2D eigenvalue weighted by molar-refractivity contribution is 0.307. The van der Waals surface area contributed by atoms with E-state index in [9.17, 15) is 9.18 Å². The number of hydrogen-bond acceptors (Lipinski definition) is 5. The summed E-state index contributed by atoms with van der Waals surface area (Å²) in [6, 6.07) is 1.43. The van der Waals surface area contributed by atoms with Crippen LogP contribution < -0.4 is 11.4 Å². The maximum absolute atomic E-state index is 13.5. The Bertz CT molecular complexity index is 488.